The second kappa shape index (κ2) is 4.72. The largest absolute Gasteiger partial charge is 0.362 e. The Hall–Kier alpha value is -1.36. The Morgan fingerprint density at radius 1 is 1.22 bits per heavy atom. The summed E-state index contributed by atoms with van der Waals surface area (Å²) in [6.45, 7) is 0. The summed E-state index contributed by atoms with van der Waals surface area (Å²) in [6, 6.07) is 0. The van der Waals surface area contributed by atoms with Gasteiger partial charge in [0, 0.05) is 5.88 Å². The lowest BCUT2D eigenvalue weighted by Gasteiger charge is -2.36. The van der Waals surface area contributed by atoms with Crippen molar-refractivity contribution in [2.24, 2.45) is 0 Å². The van der Waals surface area contributed by atoms with E-state index < -0.39 is 0 Å². The zero-order valence-corrected chi connectivity index (χ0v) is 10.9. The number of halogens is 1. The molecule has 1 aliphatic carbocycles. The fourth-order valence-electron chi connectivity index (χ4n) is 2.63. The maximum atomic E-state index is 6.18. The maximum absolute atomic E-state index is 6.18. The van der Waals surface area contributed by atoms with E-state index in [1.54, 1.807) is 6.33 Å². The van der Waals surface area contributed by atoms with Gasteiger partial charge in [-0.05, 0) is 12.8 Å². The first kappa shape index (κ1) is 11.7. The first-order valence-corrected chi connectivity index (χ1v) is 6.85. The molecular formula is C12H16ClN5. The van der Waals surface area contributed by atoms with Crippen molar-refractivity contribution < 1.29 is 0 Å². The van der Waals surface area contributed by atoms with Crippen molar-refractivity contribution in [2.75, 3.05) is 11.2 Å². The van der Waals surface area contributed by atoms with Crippen molar-refractivity contribution in [3.05, 3.63) is 12.7 Å². The number of hydrogen-bond donors (Lipinski definition) is 2. The lowest BCUT2D eigenvalue weighted by atomic mass is 9.83. The molecule has 0 bridgehead atoms. The van der Waals surface area contributed by atoms with E-state index in [0.29, 0.717) is 11.5 Å². The third-order valence-electron chi connectivity index (χ3n) is 3.67. The van der Waals surface area contributed by atoms with Gasteiger partial charge in [0.2, 0.25) is 0 Å². The van der Waals surface area contributed by atoms with Gasteiger partial charge in [0.1, 0.15) is 11.8 Å². The summed E-state index contributed by atoms with van der Waals surface area (Å²) in [5.41, 5.74) is 1.51. The number of aromatic nitrogens is 4. The van der Waals surface area contributed by atoms with E-state index in [1.165, 1.54) is 25.6 Å². The summed E-state index contributed by atoms with van der Waals surface area (Å²) in [5.74, 6) is 1.41. The SMILES string of the molecule is ClCC1(Nc2ncnc3nc[nH]c23)CCCCC1. The highest BCUT2D eigenvalue weighted by molar-refractivity contribution is 6.18. The standard InChI is InChI=1S/C12H16ClN5/c13-6-12(4-2-1-3-5-12)18-11-9-10(15-7-14-9)16-8-17-11/h7-8H,1-6H2,(H2,14,15,16,17,18). The smallest absolute Gasteiger partial charge is 0.182 e. The fourth-order valence-corrected chi connectivity index (χ4v) is 2.97. The predicted octanol–water partition coefficient (Wildman–Crippen LogP) is 2.71. The van der Waals surface area contributed by atoms with E-state index in [0.717, 1.165) is 24.2 Å². The molecule has 18 heavy (non-hydrogen) atoms. The Bertz CT molecular complexity index is 532. The van der Waals surface area contributed by atoms with Crippen LogP contribution in [0.25, 0.3) is 11.2 Å². The van der Waals surface area contributed by atoms with Crippen molar-refractivity contribution in [3.63, 3.8) is 0 Å². The molecule has 2 heterocycles. The number of aromatic amines is 1. The highest BCUT2D eigenvalue weighted by atomic mass is 35.5. The van der Waals surface area contributed by atoms with Crippen molar-refractivity contribution in [1.82, 2.24) is 19.9 Å². The molecule has 0 spiro atoms. The Labute approximate surface area is 110 Å². The van der Waals surface area contributed by atoms with Gasteiger partial charge in [0.25, 0.3) is 0 Å². The van der Waals surface area contributed by atoms with Crippen LogP contribution in [0.2, 0.25) is 0 Å². The number of imidazole rings is 1. The van der Waals surface area contributed by atoms with E-state index >= 15 is 0 Å². The number of nitrogens with zero attached hydrogens (tertiary/aromatic N) is 3. The molecule has 1 fully saturated rings. The van der Waals surface area contributed by atoms with Crippen LogP contribution >= 0.6 is 11.6 Å². The van der Waals surface area contributed by atoms with Crippen LogP contribution in [0.15, 0.2) is 12.7 Å². The number of fused-ring (bicyclic) bond motifs is 1. The minimum atomic E-state index is -0.0355. The molecule has 0 aromatic carbocycles. The molecule has 2 N–H and O–H groups in total. The van der Waals surface area contributed by atoms with Crippen LogP contribution in [0.4, 0.5) is 5.82 Å². The molecule has 0 amide bonds. The van der Waals surface area contributed by atoms with Gasteiger partial charge < -0.3 is 10.3 Å². The normalized spacial score (nSPS) is 18.9. The van der Waals surface area contributed by atoms with Gasteiger partial charge in [0.15, 0.2) is 11.5 Å². The minimum Gasteiger partial charge on any atom is -0.362 e. The first-order valence-electron chi connectivity index (χ1n) is 6.31. The van der Waals surface area contributed by atoms with Gasteiger partial charge >= 0.3 is 0 Å². The van der Waals surface area contributed by atoms with Crippen molar-refractivity contribution in [3.8, 4) is 0 Å². The van der Waals surface area contributed by atoms with E-state index in [9.17, 15) is 0 Å². The molecule has 3 rings (SSSR count). The monoisotopic (exact) mass is 265 g/mol. The molecule has 1 saturated carbocycles. The molecule has 5 nitrogen and oxygen atoms in total. The molecule has 96 valence electrons. The van der Waals surface area contributed by atoms with Gasteiger partial charge in [-0.2, -0.15) is 0 Å². The zero-order chi connectivity index (χ0) is 12.4. The van der Waals surface area contributed by atoms with E-state index in [1.807, 2.05) is 0 Å². The highest BCUT2D eigenvalue weighted by Gasteiger charge is 2.32. The van der Waals surface area contributed by atoms with E-state index in [-0.39, 0.29) is 5.54 Å². The summed E-state index contributed by atoms with van der Waals surface area (Å²) < 4.78 is 0. The highest BCUT2D eigenvalue weighted by Crippen LogP contribution is 2.33. The van der Waals surface area contributed by atoms with Crippen LogP contribution < -0.4 is 5.32 Å². The number of rotatable bonds is 3. The fraction of sp³-hybridized carbons (Fsp3) is 0.583. The Morgan fingerprint density at radius 2 is 2.06 bits per heavy atom. The van der Waals surface area contributed by atoms with Crippen molar-refractivity contribution in [2.45, 2.75) is 37.6 Å². The number of nitrogens with one attached hydrogen (secondary N) is 2. The second-order valence-corrected chi connectivity index (χ2v) is 5.19. The van der Waals surface area contributed by atoms with Crippen LogP contribution in [0.5, 0.6) is 0 Å². The molecular weight excluding hydrogens is 250 g/mol. The summed E-state index contributed by atoms with van der Waals surface area (Å²) in [6.07, 6.45) is 9.10. The second-order valence-electron chi connectivity index (χ2n) is 4.92. The van der Waals surface area contributed by atoms with Crippen LogP contribution in [0.1, 0.15) is 32.1 Å². The third-order valence-corrected chi connectivity index (χ3v) is 4.18. The summed E-state index contributed by atoms with van der Waals surface area (Å²) in [7, 11) is 0. The van der Waals surface area contributed by atoms with Gasteiger partial charge in [-0.3, -0.25) is 0 Å². The average Bonchev–Trinajstić information content (AvgIpc) is 2.89. The van der Waals surface area contributed by atoms with Crippen LogP contribution in [-0.4, -0.2) is 31.4 Å². The van der Waals surface area contributed by atoms with Gasteiger partial charge in [-0.1, -0.05) is 19.3 Å². The van der Waals surface area contributed by atoms with E-state index in [4.69, 9.17) is 11.6 Å². The number of hydrogen-bond acceptors (Lipinski definition) is 4. The van der Waals surface area contributed by atoms with Crippen LogP contribution in [-0.2, 0) is 0 Å². The van der Waals surface area contributed by atoms with Crippen LogP contribution in [0, 0.1) is 0 Å². The summed E-state index contributed by atoms with van der Waals surface area (Å²) in [4.78, 5) is 15.6. The Kier molecular flexibility index (Phi) is 3.07. The molecule has 0 saturated heterocycles. The lowest BCUT2D eigenvalue weighted by molar-refractivity contribution is 0.353. The Morgan fingerprint density at radius 3 is 2.83 bits per heavy atom. The number of H-pyrrole nitrogens is 1. The molecule has 2 aromatic heterocycles. The molecule has 6 heteroatoms. The van der Waals surface area contributed by atoms with Gasteiger partial charge in [-0.25, -0.2) is 15.0 Å². The van der Waals surface area contributed by atoms with Crippen molar-refractivity contribution >= 4 is 28.6 Å². The average molecular weight is 266 g/mol. The van der Waals surface area contributed by atoms with Gasteiger partial charge in [0.05, 0.1) is 11.9 Å². The lowest BCUT2D eigenvalue weighted by Crippen LogP contribution is -2.42. The topological polar surface area (TPSA) is 66.5 Å². The zero-order valence-electron chi connectivity index (χ0n) is 10.1. The Balaban J connectivity index is 1.92. The predicted molar refractivity (Wildman–Crippen MR) is 71.8 cm³/mol. The molecule has 0 unspecified atom stereocenters. The molecule has 0 atom stereocenters. The van der Waals surface area contributed by atoms with Crippen LogP contribution in [0.3, 0.4) is 0 Å². The number of alkyl halides is 1. The summed E-state index contributed by atoms with van der Waals surface area (Å²) >= 11 is 6.18. The molecule has 0 radical (unpaired) electrons. The maximum Gasteiger partial charge on any atom is 0.182 e. The molecule has 0 aliphatic heterocycles. The molecule has 1 aliphatic rings. The first-order chi connectivity index (χ1) is 8.83. The number of anilines is 1. The van der Waals surface area contributed by atoms with Crippen molar-refractivity contribution in [1.29, 1.82) is 0 Å². The van der Waals surface area contributed by atoms with Gasteiger partial charge in [-0.15, -0.1) is 11.6 Å². The minimum absolute atomic E-state index is 0.0355. The van der Waals surface area contributed by atoms with E-state index in [2.05, 4.69) is 25.3 Å². The quantitative estimate of drug-likeness (QED) is 0.838. The molecule has 2 aromatic rings. The summed E-state index contributed by atoms with van der Waals surface area (Å²) in [5, 5.41) is 3.52. The third kappa shape index (κ3) is 2.03.